The molecule has 4 heterocycles. The molecule has 0 aromatic carbocycles. The zero-order valence-corrected chi connectivity index (χ0v) is 35.2. The minimum atomic E-state index is -3.16. The maximum Gasteiger partial charge on any atom is 0.619 e. The van der Waals surface area contributed by atoms with Crippen LogP contribution in [-0.2, 0) is 43.0 Å². The van der Waals surface area contributed by atoms with E-state index in [4.69, 9.17) is 23.8 Å². The standard InChI is InChI=1S/C39H68N4O9/c1-31(2)19-23(35(9,10)40-31)27(44)49-39(50-28(45)24-20-32(3,4)41-36(24,11)12,51-29(46)25-21-33(5,6)42(17)37(25,13)14)52-30(47)26-22-34(7,8)43(48-18)38(26,15)16/h23-26,40-41H,19-22H2,1-18H3. The van der Waals surface area contributed by atoms with Crippen LogP contribution in [0.1, 0.15) is 136 Å². The van der Waals surface area contributed by atoms with Crippen LogP contribution in [-0.4, -0.2) is 98.5 Å². The topological polar surface area (TPSA) is 145 Å². The smallest absolute Gasteiger partial charge is 0.352 e. The molecule has 4 atom stereocenters. The molecule has 13 heteroatoms. The predicted molar refractivity (Wildman–Crippen MR) is 195 cm³/mol. The number of hydroxylamine groups is 2. The molecule has 13 nitrogen and oxygen atoms in total. The number of likely N-dealkylation sites (tertiary alicyclic amines) is 1. The minimum Gasteiger partial charge on any atom is -0.352 e. The van der Waals surface area contributed by atoms with Gasteiger partial charge in [-0.15, -0.1) is 0 Å². The van der Waals surface area contributed by atoms with Gasteiger partial charge in [-0.2, -0.15) is 5.06 Å². The number of nitrogens with zero attached hydrogens (tertiary/aromatic N) is 2. The second kappa shape index (κ2) is 12.9. The highest BCUT2D eigenvalue weighted by atomic mass is 17.0. The van der Waals surface area contributed by atoms with Crippen LogP contribution >= 0.6 is 0 Å². The number of nitrogens with one attached hydrogen (secondary N) is 2. The van der Waals surface area contributed by atoms with Crippen molar-refractivity contribution in [3.05, 3.63) is 0 Å². The second-order valence-corrected chi connectivity index (χ2v) is 20.6. The van der Waals surface area contributed by atoms with Crippen LogP contribution in [0.4, 0.5) is 0 Å². The lowest BCUT2D eigenvalue weighted by molar-refractivity contribution is -0.436. The van der Waals surface area contributed by atoms with Crippen molar-refractivity contribution in [2.75, 3.05) is 14.2 Å². The molecule has 4 unspecified atom stereocenters. The summed E-state index contributed by atoms with van der Waals surface area (Å²) in [5.41, 5.74) is -5.05. The van der Waals surface area contributed by atoms with Gasteiger partial charge in [-0.25, -0.2) is 0 Å². The van der Waals surface area contributed by atoms with Crippen LogP contribution in [0.2, 0.25) is 0 Å². The minimum absolute atomic E-state index is 0.286. The Morgan fingerprint density at radius 2 is 0.846 bits per heavy atom. The van der Waals surface area contributed by atoms with Crippen molar-refractivity contribution in [1.82, 2.24) is 20.6 Å². The quantitative estimate of drug-likeness (QED) is 0.241. The van der Waals surface area contributed by atoms with Gasteiger partial charge in [0.2, 0.25) is 0 Å². The van der Waals surface area contributed by atoms with Gasteiger partial charge >= 0.3 is 30.0 Å². The monoisotopic (exact) mass is 736 g/mol. The zero-order chi connectivity index (χ0) is 40.1. The molecular formula is C39H68N4O9. The lowest BCUT2D eigenvalue weighted by atomic mass is 9.87. The molecule has 0 radical (unpaired) electrons. The summed E-state index contributed by atoms with van der Waals surface area (Å²) in [7, 11) is 3.46. The van der Waals surface area contributed by atoms with Gasteiger partial charge in [0.1, 0.15) is 0 Å². The number of carbonyl (C=O) groups excluding carboxylic acids is 4. The summed E-state index contributed by atoms with van der Waals surface area (Å²) in [5, 5.41) is 8.64. The Balaban J connectivity index is 1.85. The summed E-state index contributed by atoms with van der Waals surface area (Å²) in [6, 6.07) is 0. The first-order chi connectivity index (χ1) is 23.2. The summed E-state index contributed by atoms with van der Waals surface area (Å²) in [5.74, 6) is -6.56. The van der Waals surface area contributed by atoms with Crippen LogP contribution < -0.4 is 10.6 Å². The fourth-order valence-electron chi connectivity index (χ4n) is 10.1. The zero-order valence-electron chi connectivity index (χ0n) is 35.2. The maximum absolute atomic E-state index is 14.6. The first-order valence-electron chi connectivity index (χ1n) is 18.7. The van der Waals surface area contributed by atoms with Crippen molar-refractivity contribution in [1.29, 1.82) is 0 Å². The average Bonchev–Trinajstić information content (AvgIpc) is 3.46. The molecule has 0 aromatic heterocycles. The highest BCUT2D eigenvalue weighted by Crippen LogP contribution is 2.48. The highest BCUT2D eigenvalue weighted by Gasteiger charge is 2.63. The molecule has 0 aromatic rings. The third-order valence-electron chi connectivity index (χ3n) is 12.7. The van der Waals surface area contributed by atoms with Gasteiger partial charge in [-0.1, -0.05) is 0 Å². The van der Waals surface area contributed by atoms with Gasteiger partial charge in [0.05, 0.1) is 36.3 Å². The second-order valence-electron chi connectivity index (χ2n) is 20.6. The van der Waals surface area contributed by atoms with E-state index in [1.165, 1.54) is 7.11 Å². The van der Waals surface area contributed by atoms with Crippen molar-refractivity contribution in [2.45, 2.75) is 187 Å². The Labute approximate surface area is 311 Å². The summed E-state index contributed by atoms with van der Waals surface area (Å²) in [4.78, 5) is 65.8. The first-order valence-corrected chi connectivity index (χ1v) is 18.7. The first kappa shape index (κ1) is 42.4. The van der Waals surface area contributed by atoms with Crippen LogP contribution in [0.5, 0.6) is 0 Å². The van der Waals surface area contributed by atoms with Crippen LogP contribution in [0.15, 0.2) is 0 Å². The molecule has 0 bridgehead atoms. The molecule has 4 aliphatic heterocycles. The van der Waals surface area contributed by atoms with E-state index in [1.54, 1.807) is 5.06 Å². The molecule has 0 amide bonds. The molecule has 52 heavy (non-hydrogen) atoms. The number of rotatable bonds is 9. The number of ether oxygens (including phenoxy) is 4. The van der Waals surface area contributed by atoms with Gasteiger partial charge < -0.3 is 34.4 Å². The van der Waals surface area contributed by atoms with Crippen molar-refractivity contribution in [3.8, 4) is 0 Å². The molecule has 4 saturated heterocycles. The van der Waals surface area contributed by atoms with Gasteiger partial charge in [0.25, 0.3) is 0 Å². The van der Waals surface area contributed by atoms with Gasteiger partial charge in [0, 0.05) is 38.8 Å². The van der Waals surface area contributed by atoms with Crippen molar-refractivity contribution in [3.63, 3.8) is 0 Å². The molecule has 4 fully saturated rings. The predicted octanol–water partition coefficient (Wildman–Crippen LogP) is 5.05. The lowest BCUT2D eigenvalue weighted by Crippen LogP contribution is -2.56. The van der Waals surface area contributed by atoms with E-state index in [0.717, 1.165) is 0 Å². The van der Waals surface area contributed by atoms with Crippen molar-refractivity contribution >= 4 is 23.9 Å². The van der Waals surface area contributed by atoms with E-state index in [-0.39, 0.29) is 6.42 Å². The average molecular weight is 737 g/mol. The van der Waals surface area contributed by atoms with E-state index in [2.05, 4.69) is 15.5 Å². The lowest BCUT2D eigenvalue weighted by Gasteiger charge is -2.39. The summed E-state index contributed by atoms with van der Waals surface area (Å²) >= 11 is 0. The third-order valence-corrected chi connectivity index (χ3v) is 12.7. The summed E-state index contributed by atoms with van der Waals surface area (Å²) < 4.78 is 24.4. The van der Waals surface area contributed by atoms with E-state index >= 15 is 0 Å². The van der Waals surface area contributed by atoms with E-state index in [0.29, 0.717) is 19.3 Å². The van der Waals surface area contributed by atoms with Gasteiger partial charge in [-0.3, -0.25) is 24.1 Å². The Morgan fingerprint density at radius 3 is 1.12 bits per heavy atom. The number of hydrogen-bond donors (Lipinski definition) is 2. The highest BCUT2D eigenvalue weighted by molar-refractivity contribution is 5.81. The Hall–Kier alpha value is -2.32. The molecule has 298 valence electrons. The molecule has 4 aliphatic rings. The van der Waals surface area contributed by atoms with E-state index in [9.17, 15) is 19.2 Å². The summed E-state index contributed by atoms with van der Waals surface area (Å²) in [6.45, 7) is 30.8. The normalized spacial score (nSPS) is 33.2. The van der Waals surface area contributed by atoms with Crippen molar-refractivity contribution < 1.29 is 43.0 Å². The van der Waals surface area contributed by atoms with Crippen LogP contribution in [0.3, 0.4) is 0 Å². The number of esters is 4. The van der Waals surface area contributed by atoms with Crippen LogP contribution in [0, 0.1) is 23.7 Å². The summed E-state index contributed by atoms with van der Waals surface area (Å²) in [6.07, 6.45) is -1.76. The van der Waals surface area contributed by atoms with E-state index < -0.39 is 98.0 Å². The van der Waals surface area contributed by atoms with E-state index in [1.807, 2.05) is 118 Å². The Kier molecular flexibility index (Phi) is 10.5. The van der Waals surface area contributed by atoms with Gasteiger partial charge in [-0.05, 0) is 144 Å². The maximum atomic E-state index is 14.6. The number of hydrogen-bond acceptors (Lipinski definition) is 13. The molecule has 0 aliphatic carbocycles. The largest absolute Gasteiger partial charge is 0.619 e. The Bertz CT molecular complexity index is 1400. The SMILES string of the molecule is CON1C(C)(C)CC(C(=O)OC(OC(=O)C2CC(C)(C)NC2(C)C)(OC(=O)C2CC(C)(C)NC2(C)C)OC(=O)C2CC(C)(C)N(C)C2(C)C)C1(C)C. The fourth-order valence-corrected chi connectivity index (χ4v) is 10.1. The fraction of sp³-hybridized carbons (Fsp3) is 0.897. The molecule has 0 spiro atoms. The molecule has 4 rings (SSSR count). The van der Waals surface area contributed by atoms with Gasteiger partial charge in [0.15, 0.2) is 0 Å². The van der Waals surface area contributed by atoms with Crippen LogP contribution in [0.25, 0.3) is 0 Å². The number of carbonyl (C=O) groups is 4. The third kappa shape index (κ3) is 7.76. The molecule has 2 N–H and O–H groups in total. The Morgan fingerprint density at radius 1 is 0.519 bits per heavy atom. The molecular weight excluding hydrogens is 668 g/mol. The van der Waals surface area contributed by atoms with Crippen molar-refractivity contribution in [2.24, 2.45) is 23.7 Å². The molecule has 0 saturated carbocycles.